The number of benzene rings is 2. The molecule has 0 amide bonds. The second-order valence-electron chi connectivity index (χ2n) is 4.53. The number of methoxy groups -OCH3 is 2. The van der Waals surface area contributed by atoms with Crippen molar-refractivity contribution < 1.29 is 19.7 Å². The van der Waals surface area contributed by atoms with Crippen LogP contribution in [0.3, 0.4) is 0 Å². The zero-order valence-corrected chi connectivity index (χ0v) is 14.6. The molecule has 6 heteroatoms. The van der Waals surface area contributed by atoms with Crippen molar-refractivity contribution in [2.24, 2.45) is 0 Å². The highest BCUT2D eigenvalue weighted by Gasteiger charge is 2.20. The first kappa shape index (κ1) is 17.1. The van der Waals surface area contributed by atoms with Crippen LogP contribution < -0.4 is 4.74 Å². The minimum atomic E-state index is -1.06. The molecule has 0 heterocycles. The van der Waals surface area contributed by atoms with E-state index in [2.05, 4.69) is 15.9 Å². The standard InChI is InChI=1S/C16H17BrO4S/c1-20-15-13(17)7-6-10(14(15)16(19)21-2)9-22-12-5-3-4-11(18)8-12/h3-8,16,18-19H,9H2,1-2H3. The van der Waals surface area contributed by atoms with Gasteiger partial charge in [-0.2, -0.15) is 0 Å². The van der Waals surface area contributed by atoms with Crippen LogP contribution in [-0.4, -0.2) is 24.4 Å². The van der Waals surface area contributed by atoms with Gasteiger partial charge in [-0.05, 0) is 45.8 Å². The first-order valence-corrected chi connectivity index (χ1v) is 8.32. The molecule has 0 saturated carbocycles. The van der Waals surface area contributed by atoms with Crippen LogP contribution in [0.4, 0.5) is 0 Å². The first-order chi connectivity index (χ1) is 10.6. The Labute approximate surface area is 142 Å². The summed E-state index contributed by atoms with van der Waals surface area (Å²) in [5.41, 5.74) is 1.51. The lowest BCUT2D eigenvalue weighted by atomic mass is 10.1. The Morgan fingerprint density at radius 1 is 1.23 bits per heavy atom. The van der Waals surface area contributed by atoms with Gasteiger partial charge in [0.1, 0.15) is 11.5 Å². The van der Waals surface area contributed by atoms with E-state index in [1.165, 1.54) is 7.11 Å². The number of hydrogen-bond donors (Lipinski definition) is 2. The molecule has 2 aromatic carbocycles. The van der Waals surface area contributed by atoms with Gasteiger partial charge >= 0.3 is 0 Å². The first-order valence-electron chi connectivity index (χ1n) is 6.54. The third-order valence-corrected chi connectivity index (χ3v) is 4.79. The summed E-state index contributed by atoms with van der Waals surface area (Å²) in [6.07, 6.45) is -1.06. The van der Waals surface area contributed by atoms with E-state index in [1.54, 1.807) is 37.1 Å². The van der Waals surface area contributed by atoms with Crippen LogP contribution in [0.25, 0.3) is 0 Å². The molecule has 0 spiro atoms. The van der Waals surface area contributed by atoms with E-state index >= 15 is 0 Å². The van der Waals surface area contributed by atoms with Crippen molar-refractivity contribution in [1.82, 2.24) is 0 Å². The number of rotatable bonds is 6. The van der Waals surface area contributed by atoms with Gasteiger partial charge in [-0.1, -0.05) is 12.1 Å². The molecular formula is C16H17BrO4S. The highest BCUT2D eigenvalue weighted by Crippen LogP contribution is 2.38. The van der Waals surface area contributed by atoms with E-state index in [1.807, 2.05) is 18.2 Å². The van der Waals surface area contributed by atoms with Gasteiger partial charge in [0, 0.05) is 17.8 Å². The molecule has 22 heavy (non-hydrogen) atoms. The van der Waals surface area contributed by atoms with Crippen LogP contribution in [0.2, 0.25) is 0 Å². The molecule has 4 nitrogen and oxygen atoms in total. The highest BCUT2D eigenvalue weighted by atomic mass is 79.9. The minimum absolute atomic E-state index is 0.232. The zero-order chi connectivity index (χ0) is 16.1. The molecule has 0 aliphatic carbocycles. The van der Waals surface area contributed by atoms with Gasteiger partial charge in [0.15, 0.2) is 6.29 Å². The van der Waals surface area contributed by atoms with E-state index in [4.69, 9.17) is 9.47 Å². The zero-order valence-electron chi connectivity index (χ0n) is 12.2. The SMILES string of the molecule is COc1c(Br)ccc(CSc2cccc(O)c2)c1C(O)OC. The van der Waals surface area contributed by atoms with Crippen molar-refractivity contribution in [3.8, 4) is 11.5 Å². The van der Waals surface area contributed by atoms with Crippen LogP contribution in [0.15, 0.2) is 45.8 Å². The van der Waals surface area contributed by atoms with Gasteiger partial charge < -0.3 is 19.7 Å². The fourth-order valence-electron chi connectivity index (χ4n) is 2.07. The number of hydrogen-bond acceptors (Lipinski definition) is 5. The lowest BCUT2D eigenvalue weighted by Crippen LogP contribution is -2.07. The summed E-state index contributed by atoms with van der Waals surface area (Å²) >= 11 is 4.97. The average molecular weight is 385 g/mol. The Morgan fingerprint density at radius 2 is 2.00 bits per heavy atom. The highest BCUT2D eigenvalue weighted by molar-refractivity contribution is 9.10. The van der Waals surface area contributed by atoms with E-state index in [0.29, 0.717) is 17.1 Å². The maximum absolute atomic E-state index is 10.1. The summed E-state index contributed by atoms with van der Waals surface area (Å²) < 4.78 is 11.2. The van der Waals surface area contributed by atoms with E-state index < -0.39 is 6.29 Å². The van der Waals surface area contributed by atoms with Crippen molar-refractivity contribution >= 4 is 27.7 Å². The predicted octanol–water partition coefficient (Wildman–Crippen LogP) is 4.09. The second-order valence-corrected chi connectivity index (χ2v) is 6.43. The molecule has 2 N–H and O–H groups in total. The van der Waals surface area contributed by atoms with Gasteiger partial charge in [-0.25, -0.2) is 0 Å². The molecule has 0 bridgehead atoms. The Kier molecular flexibility index (Phi) is 6.14. The summed E-state index contributed by atoms with van der Waals surface area (Å²) in [6.45, 7) is 0. The van der Waals surface area contributed by atoms with Crippen molar-refractivity contribution in [2.75, 3.05) is 14.2 Å². The summed E-state index contributed by atoms with van der Waals surface area (Å²) in [4.78, 5) is 0.944. The molecule has 0 saturated heterocycles. The molecular weight excluding hydrogens is 368 g/mol. The van der Waals surface area contributed by atoms with Gasteiger partial charge in [0.25, 0.3) is 0 Å². The fraction of sp³-hybridized carbons (Fsp3) is 0.250. The fourth-order valence-corrected chi connectivity index (χ4v) is 3.53. The molecule has 1 atom stereocenters. The number of aliphatic hydroxyl groups is 1. The van der Waals surface area contributed by atoms with E-state index in [0.717, 1.165) is 14.9 Å². The second kappa shape index (κ2) is 7.87. The number of aromatic hydroxyl groups is 1. The van der Waals surface area contributed by atoms with Crippen molar-refractivity contribution in [2.45, 2.75) is 16.9 Å². The molecule has 0 fully saturated rings. The van der Waals surface area contributed by atoms with Gasteiger partial charge in [-0.3, -0.25) is 0 Å². The molecule has 118 valence electrons. The van der Waals surface area contributed by atoms with Crippen molar-refractivity contribution in [3.63, 3.8) is 0 Å². The molecule has 0 aromatic heterocycles. The normalized spacial score (nSPS) is 12.2. The van der Waals surface area contributed by atoms with Crippen molar-refractivity contribution in [3.05, 3.63) is 52.0 Å². The average Bonchev–Trinajstić information content (AvgIpc) is 2.52. The summed E-state index contributed by atoms with van der Waals surface area (Å²) in [5, 5.41) is 19.6. The van der Waals surface area contributed by atoms with Gasteiger partial charge in [-0.15, -0.1) is 11.8 Å². The summed E-state index contributed by atoms with van der Waals surface area (Å²) in [7, 11) is 3.00. The van der Waals surface area contributed by atoms with Gasteiger partial charge in [0.2, 0.25) is 0 Å². The molecule has 2 aromatic rings. The maximum atomic E-state index is 10.1. The van der Waals surface area contributed by atoms with Crippen LogP contribution >= 0.6 is 27.7 Å². The molecule has 1 unspecified atom stereocenters. The Balaban J connectivity index is 2.30. The van der Waals surface area contributed by atoms with Crippen LogP contribution in [0.5, 0.6) is 11.5 Å². The minimum Gasteiger partial charge on any atom is -0.508 e. The Hall–Kier alpha value is -1.21. The Morgan fingerprint density at radius 3 is 2.64 bits per heavy atom. The number of phenols is 1. The van der Waals surface area contributed by atoms with E-state index in [-0.39, 0.29) is 5.75 Å². The Bertz CT molecular complexity index is 648. The summed E-state index contributed by atoms with van der Waals surface area (Å²) in [6, 6.07) is 10.8. The number of phenolic OH excluding ortho intramolecular Hbond substituents is 1. The number of ether oxygens (including phenoxy) is 2. The number of thioether (sulfide) groups is 1. The summed E-state index contributed by atoms with van der Waals surface area (Å²) in [5.74, 6) is 1.40. The van der Waals surface area contributed by atoms with Crippen LogP contribution in [0, 0.1) is 0 Å². The van der Waals surface area contributed by atoms with Crippen LogP contribution in [0.1, 0.15) is 17.4 Å². The molecule has 2 rings (SSSR count). The lowest BCUT2D eigenvalue weighted by Gasteiger charge is -2.19. The van der Waals surface area contributed by atoms with E-state index in [9.17, 15) is 10.2 Å². The maximum Gasteiger partial charge on any atom is 0.184 e. The smallest absolute Gasteiger partial charge is 0.184 e. The largest absolute Gasteiger partial charge is 0.508 e. The number of halogens is 1. The topological polar surface area (TPSA) is 58.9 Å². The molecule has 0 aliphatic heterocycles. The quantitative estimate of drug-likeness (QED) is 0.579. The third-order valence-electron chi connectivity index (χ3n) is 3.12. The third kappa shape index (κ3) is 3.95. The lowest BCUT2D eigenvalue weighted by molar-refractivity contribution is -0.0785. The molecule has 0 aliphatic rings. The van der Waals surface area contributed by atoms with Gasteiger partial charge in [0.05, 0.1) is 17.1 Å². The predicted molar refractivity (Wildman–Crippen MR) is 90.3 cm³/mol. The monoisotopic (exact) mass is 384 g/mol. The van der Waals surface area contributed by atoms with Crippen molar-refractivity contribution in [1.29, 1.82) is 0 Å². The molecule has 0 radical (unpaired) electrons. The van der Waals surface area contributed by atoms with Crippen LogP contribution in [-0.2, 0) is 10.5 Å². The number of aliphatic hydroxyl groups excluding tert-OH is 1.